The van der Waals surface area contributed by atoms with Gasteiger partial charge in [0.25, 0.3) is 0 Å². The van der Waals surface area contributed by atoms with Gasteiger partial charge in [-0.1, -0.05) is 42.5 Å². The molecule has 0 bridgehead atoms. The van der Waals surface area contributed by atoms with Crippen LogP contribution >= 0.6 is 0 Å². The second-order valence-corrected chi connectivity index (χ2v) is 8.31. The number of esters is 2. The lowest BCUT2D eigenvalue weighted by molar-refractivity contribution is -0.156. The summed E-state index contributed by atoms with van der Waals surface area (Å²) in [4.78, 5) is 23.6. The maximum absolute atomic E-state index is 12.1. The molecule has 1 unspecified atom stereocenters. The van der Waals surface area contributed by atoms with Gasteiger partial charge < -0.3 is 23.7 Å². The lowest BCUT2D eigenvalue weighted by atomic mass is 10.1. The quantitative estimate of drug-likeness (QED) is 0.255. The van der Waals surface area contributed by atoms with Gasteiger partial charge in [-0.05, 0) is 73.0 Å². The van der Waals surface area contributed by atoms with E-state index >= 15 is 0 Å². The smallest absolute Gasteiger partial charge is 0.337 e. The van der Waals surface area contributed by atoms with Crippen molar-refractivity contribution < 1.29 is 33.3 Å². The number of hydrogen-bond donors (Lipinski definition) is 0. The SMILES string of the molecule is CCOC(=O)C(Cc1ccc(OC/C=C/c2cccc(OCc3ccc(C(=O)OC)cc3)c2)cc1)OCC. The minimum Gasteiger partial charge on any atom is -0.490 e. The Morgan fingerprint density at radius 3 is 2.26 bits per heavy atom. The summed E-state index contributed by atoms with van der Waals surface area (Å²) in [6.07, 6.45) is 3.74. The Morgan fingerprint density at radius 1 is 0.842 bits per heavy atom. The molecule has 7 nitrogen and oxygen atoms in total. The van der Waals surface area contributed by atoms with Crippen LogP contribution in [0, 0.1) is 0 Å². The number of benzene rings is 3. The van der Waals surface area contributed by atoms with E-state index in [-0.39, 0.29) is 11.9 Å². The molecule has 0 N–H and O–H groups in total. The Balaban J connectivity index is 1.46. The fourth-order valence-corrected chi connectivity index (χ4v) is 3.64. The average molecular weight is 519 g/mol. The number of carbonyl (C=O) groups excluding carboxylic acids is 2. The maximum Gasteiger partial charge on any atom is 0.337 e. The molecule has 0 amide bonds. The van der Waals surface area contributed by atoms with E-state index in [1.165, 1.54) is 7.11 Å². The number of carbonyl (C=O) groups is 2. The summed E-state index contributed by atoms with van der Waals surface area (Å²) in [6, 6.07) is 22.5. The highest BCUT2D eigenvalue weighted by Gasteiger charge is 2.20. The first kappa shape index (κ1) is 28.5. The number of rotatable bonds is 14. The third-order valence-electron chi connectivity index (χ3n) is 5.56. The lowest BCUT2D eigenvalue weighted by Gasteiger charge is -2.15. The van der Waals surface area contributed by atoms with E-state index in [0.717, 1.165) is 28.2 Å². The minimum atomic E-state index is -0.610. The maximum atomic E-state index is 12.1. The molecule has 0 heterocycles. The number of ether oxygens (including phenoxy) is 5. The van der Waals surface area contributed by atoms with E-state index in [1.807, 2.05) is 79.7 Å². The van der Waals surface area contributed by atoms with Gasteiger partial charge in [0.1, 0.15) is 24.7 Å². The molecular weight excluding hydrogens is 484 g/mol. The van der Waals surface area contributed by atoms with Crippen LogP contribution in [0.2, 0.25) is 0 Å². The van der Waals surface area contributed by atoms with Crippen LogP contribution < -0.4 is 9.47 Å². The first-order valence-corrected chi connectivity index (χ1v) is 12.6. The van der Waals surface area contributed by atoms with Crippen molar-refractivity contribution in [3.8, 4) is 11.5 Å². The summed E-state index contributed by atoms with van der Waals surface area (Å²) in [7, 11) is 1.36. The molecule has 3 aromatic rings. The summed E-state index contributed by atoms with van der Waals surface area (Å²) in [5, 5.41) is 0. The molecule has 7 heteroatoms. The third-order valence-corrected chi connectivity index (χ3v) is 5.56. The molecule has 0 aliphatic rings. The monoisotopic (exact) mass is 518 g/mol. The molecule has 0 fully saturated rings. The Labute approximate surface area is 223 Å². The van der Waals surface area contributed by atoms with Crippen LogP contribution in [0.15, 0.2) is 78.9 Å². The van der Waals surface area contributed by atoms with Crippen molar-refractivity contribution in [2.24, 2.45) is 0 Å². The fourth-order valence-electron chi connectivity index (χ4n) is 3.64. The molecule has 0 saturated heterocycles. The van der Waals surface area contributed by atoms with Gasteiger partial charge >= 0.3 is 11.9 Å². The Kier molecular flexibility index (Phi) is 11.4. The Bertz CT molecular complexity index is 1180. The average Bonchev–Trinajstić information content (AvgIpc) is 2.95. The second kappa shape index (κ2) is 15.2. The van der Waals surface area contributed by atoms with Gasteiger partial charge in [-0.15, -0.1) is 0 Å². The molecule has 1 atom stereocenters. The highest BCUT2D eigenvalue weighted by atomic mass is 16.6. The van der Waals surface area contributed by atoms with Crippen LogP contribution in [0.4, 0.5) is 0 Å². The van der Waals surface area contributed by atoms with Crippen LogP contribution in [-0.2, 0) is 32.0 Å². The molecule has 0 aliphatic carbocycles. The molecule has 200 valence electrons. The molecule has 0 radical (unpaired) electrons. The van der Waals surface area contributed by atoms with Gasteiger partial charge in [0, 0.05) is 13.0 Å². The van der Waals surface area contributed by atoms with Crippen molar-refractivity contribution in [2.45, 2.75) is 33.0 Å². The van der Waals surface area contributed by atoms with Crippen molar-refractivity contribution in [1.29, 1.82) is 0 Å². The molecule has 0 spiro atoms. The summed E-state index contributed by atoms with van der Waals surface area (Å²) in [6.45, 7) is 5.20. The first-order valence-electron chi connectivity index (χ1n) is 12.6. The summed E-state index contributed by atoms with van der Waals surface area (Å²) < 4.78 is 27.1. The lowest BCUT2D eigenvalue weighted by Crippen LogP contribution is -2.28. The molecular formula is C31H34O7. The van der Waals surface area contributed by atoms with Crippen LogP contribution in [0.25, 0.3) is 6.08 Å². The summed E-state index contributed by atoms with van der Waals surface area (Å²) >= 11 is 0. The van der Waals surface area contributed by atoms with E-state index < -0.39 is 6.10 Å². The molecule has 0 aromatic heterocycles. The summed E-state index contributed by atoms with van der Waals surface area (Å²) in [5.74, 6) is 0.773. The molecule has 3 rings (SSSR count). The van der Waals surface area contributed by atoms with E-state index in [1.54, 1.807) is 19.1 Å². The van der Waals surface area contributed by atoms with Crippen LogP contribution in [-0.4, -0.2) is 45.0 Å². The zero-order valence-corrected chi connectivity index (χ0v) is 22.1. The van der Waals surface area contributed by atoms with Crippen molar-refractivity contribution in [1.82, 2.24) is 0 Å². The fraction of sp³-hybridized carbons (Fsp3) is 0.290. The standard InChI is InChI=1S/C31H34O7/c1-4-35-29(31(33)36-5-2)21-24-13-17-27(18-14-24)37-19-7-9-23-8-6-10-28(20-23)38-22-25-11-15-26(16-12-25)30(32)34-3/h6-18,20,29H,4-5,19,21-22H2,1-3H3/b9-7+. The topological polar surface area (TPSA) is 80.3 Å². The molecule has 38 heavy (non-hydrogen) atoms. The van der Waals surface area contributed by atoms with E-state index in [9.17, 15) is 9.59 Å². The summed E-state index contributed by atoms with van der Waals surface area (Å²) in [5.41, 5.74) is 3.41. The molecule has 0 saturated carbocycles. The van der Waals surface area contributed by atoms with Gasteiger partial charge in [0.2, 0.25) is 0 Å². The number of hydrogen-bond acceptors (Lipinski definition) is 7. The van der Waals surface area contributed by atoms with Crippen molar-refractivity contribution in [3.05, 3.63) is 101 Å². The predicted molar refractivity (Wildman–Crippen MR) is 145 cm³/mol. The first-order chi connectivity index (χ1) is 18.5. The molecule has 0 aliphatic heterocycles. The van der Waals surface area contributed by atoms with Crippen molar-refractivity contribution in [3.63, 3.8) is 0 Å². The number of methoxy groups -OCH3 is 1. The highest BCUT2D eigenvalue weighted by molar-refractivity contribution is 5.89. The van der Waals surface area contributed by atoms with Crippen molar-refractivity contribution in [2.75, 3.05) is 26.9 Å². The Hall–Kier alpha value is -4.10. The van der Waals surface area contributed by atoms with E-state index in [4.69, 9.17) is 23.7 Å². The van der Waals surface area contributed by atoms with Gasteiger partial charge in [0.05, 0.1) is 19.3 Å². The largest absolute Gasteiger partial charge is 0.490 e. The zero-order valence-electron chi connectivity index (χ0n) is 22.1. The van der Waals surface area contributed by atoms with Gasteiger partial charge in [-0.2, -0.15) is 0 Å². The van der Waals surface area contributed by atoms with Crippen molar-refractivity contribution >= 4 is 18.0 Å². The van der Waals surface area contributed by atoms with Crippen LogP contribution in [0.1, 0.15) is 40.9 Å². The van der Waals surface area contributed by atoms with Gasteiger partial charge in [-0.25, -0.2) is 9.59 Å². The van der Waals surface area contributed by atoms with E-state index in [0.29, 0.717) is 38.4 Å². The second-order valence-electron chi connectivity index (χ2n) is 8.31. The normalized spacial score (nSPS) is 11.7. The van der Waals surface area contributed by atoms with Gasteiger partial charge in [-0.3, -0.25) is 0 Å². The van der Waals surface area contributed by atoms with Crippen LogP contribution in [0.5, 0.6) is 11.5 Å². The highest BCUT2D eigenvalue weighted by Crippen LogP contribution is 2.18. The zero-order chi connectivity index (χ0) is 27.2. The van der Waals surface area contributed by atoms with Gasteiger partial charge in [0.15, 0.2) is 6.10 Å². The third kappa shape index (κ3) is 9.09. The molecule has 3 aromatic carbocycles. The van der Waals surface area contributed by atoms with E-state index in [2.05, 4.69) is 0 Å². The van der Waals surface area contributed by atoms with Crippen LogP contribution in [0.3, 0.4) is 0 Å². The predicted octanol–water partition coefficient (Wildman–Crippen LogP) is 5.66. The Morgan fingerprint density at radius 2 is 1.58 bits per heavy atom. The minimum absolute atomic E-state index is 0.328.